The van der Waals surface area contributed by atoms with Gasteiger partial charge in [-0.2, -0.15) is 0 Å². The van der Waals surface area contributed by atoms with Gasteiger partial charge >= 0.3 is 0 Å². The molecule has 2 aromatic rings. The Labute approximate surface area is 131 Å². The van der Waals surface area contributed by atoms with Gasteiger partial charge in [0.1, 0.15) is 5.82 Å². The van der Waals surface area contributed by atoms with Gasteiger partial charge in [0, 0.05) is 29.8 Å². The smallest absolute Gasteiger partial charge is 0.270 e. The van der Waals surface area contributed by atoms with Crippen molar-refractivity contribution in [2.45, 2.75) is 20.1 Å². The van der Waals surface area contributed by atoms with E-state index in [2.05, 4.69) is 5.32 Å². The number of amides is 1. The number of nitrogens with zero attached hydrogens (tertiary/aromatic N) is 1. The topological polar surface area (TPSA) is 92.5 Å². The molecule has 0 aliphatic rings. The number of non-ortho nitro benzene ring substituents is 1. The van der Waals surface area contributed by atoms with Gasteiger partial charge in [0.15, 0.2) is 0 Å². The van der Waals surface area contributed by atoms with Crippen LogP contribution in [-0.4, -0.2) is 15.9 Å². The van der Waals surface area contributed by atoms with Gasteiger partial charge < -0.3 is 10.4 Å². The molecule has 0 spiro atoms. The summed E-state index contributed by atoms with van der Waals surface area (Å²) in [4.78, 5) is 22.4. The first-order valence-electron chi connectivity index (χ1n) is 6.83. The Balaban J connectivity index is 2.14. The number of hydrogen-bond donors (Lipinski definition) is 2. The zero-order valence-corrected chi connectivity index (χ0v) is 12.4. The number of benzene rings is 2. The van der Waals surface area contributed by atoms with Crippen molar-refractivity contribution in [3.05, 3.63) is 74.6 Å². The maximum absolute atomic E-state index is 13.3. The molecule has 0 saturated carbocycles. The van der Waals surface area contributed by atoms with Crippen molar-refractivity contribution in [2.75, 3.05) is 0 Å². The molecule has 0 fully saturated rings. The zero-order valence-electron chi connectivity index (χ0n) is 12.4. The van der Waals surface area contributed by atoms with Crippen LogP contribution in [0.25, 0.3) is 0 Å². The van der Waals surface area contributed by atoms with Gasteiger partial charge in [-0.15, -0.1) is 0 Å². The Kier molecular flexibility index (Phi) is 5.02. The van der Waals surface area contributed by atoms with Gasteiger partial charge in [-0.3, -0.25) is 14.9 Å². The number of aliphatic hydroxyl groups is 1. The number of carbonyl (C=O) groups is 1. The summed E-state index contributed by atoms with van der Waals surface area (Å²) in [5, 5.41) is 22.4. The Morgan fingerprint density at radius 1 is 1.30 bits per heavy atom. The highest BCUT2D eigenvalue weighted by atomic mass is 19.1. The van der Waals surface area contributed by atoms with E-state index < -0.39 is 23.3 Å². The molecule has 0 unspecified atom stereocenters. The normalized spacial score (nSPS) is 10.4. The van der Waals surface area contributed by atoms with E-state index in [1.165, 1.54) is 36.4 Å². The van der Waals surface area contributed by atoms with Crippen LogP contribution in [0, 0.1) is 22.9 Å². The van der Waals surface area contributed by atoms with Crippen LogP contribution in [-0.2, 0) is 13.2 Å². The third-order valence-corrected chi connectivity index (χ3v) is 3.41. The quantitative estimate of drug-likeness (QED) is 0.654. The monoisotopic (exact) mass is 318 g/mol. The molecule has 1 amide bonds. The number of nitro benzene ring substituents is 1. The van der Waals surface area contributed by atoms with Crippen molar-refractivity contribution in [1.82, 2.24) is 5.32 Å². The average molecular weight is 318 g/mol. The molecule has 2 rings (SSSR count). The van der Waals surface area contributed by atoms with Crippen molar-refractivity contribution in [1.29, 1.82) is 0 Å². The van der Waals surface area contributed by atoms with Crippen LogP contribution >= 0.6 is 0 Å². The number of rotatable bonds is 5. The lowest BCUT2D eigenvalue weighted by atomic mass is 10.1. The van der Waals surface area contributed by atoms with Crippen LogP contribution in [0.3, 0.4) is 0 Å². The molecule has 120 valence electrons. The van der Waals surface area contributed by atoms with E-state index in [1.54, 1.807) is 6.92 Å². The molecule has 0 bridgehead atoms. The van der Waals surface area contributed by atoms with Gasteiger partial charge in [-0.25, -0.2) is 4.39 Å². The number of hydrogen-bond acceptors (Lipinski definition) is 4. The van der Waals surface area contributed by atoms with Gasteiger partial charge in [0.05, 0.1) is 11.5 Å². The SMILES string of the molecule is Cc1ccc([N+](=O)[O-])cc1C(=O)NCc1ccc(F)c(CO)c1. The molecule has 0 heterocycles. The summed E-state index contributed by atoms with van der Waals surface area (Å²) in [6, 6.07) is 8.22. The summed E-state index contributed by atoms with van der Waals surface area (Å²) >= 11 is 0. The molecule has 0 atom stereocenters. The molecule has 0 radical (unpaired) electrons. The predicted molar refractivity (Wildman–Crippen MR) is 81.3 cm³/mol. The third kappa shape index (κ3) is 3.89. The van der Waals surface area contributed by atoms with Crippen molar-refractivity contribution in [3.63, 3.8) is 0 Å². The van der Waals surface area contributed by atoms with Gasteiger partial charge in [-0.05, 0) is 30.2 Å². The van der Waals surface area contributed by atoms with Gasteiger partial charge in [0.2, 0.25) is 0 Å². The van der Waals surface area contributed by atoms with Gasteiger partial charge in [0.25, 0.3) is 11.6 Å². The first-order chi connectivity index (χ1) is 10.9. The van der Waals surface area contributed by atoms with Crippen LogP contribution in [0.2, 0.25) is 0 Å². The molecule has 7 heteroatoms. The molecule has 0 aliphatic heterocycles. The molecule has 2 aromatic carbocycles. The summed E-state index contributed by atoms with van der Waals surface area (Å²) in [7, 11) is 0. The minimum absolute atomic E-state index is 0.119. The number of carbonyl (C=O) groups excluding carboxylic acids is 1. The lowest BCUT2D eigenvalue weighted by Gasteiger charge is -2.09. The third-order valence-electron chi connectivity index (χ3n) is 3.41. The van der Waals surface area contributed by atoms with E-state index >= 15 is 0 Å². The van der Waals surface area contributed by atoms with Crippen LogP contribution in [0.4, 0.5) is 10.1 Å². The molecule has 23 heavy (non-hydrogen) atoms. The second-order valence-corrected chi connectivity index (χ2v) is 5.02. The fourth-order valence-corrected chi connectivity index (χ4v) is 2.10. The highest BCUT2D eigenvalue weighted by Crippen LogP contribution is 2.17. The number of nitrogens with one attached hydrogen (secondary N) is 1. The van der Waals surface area contributed by atoms with E-state index in [4.69, 9.17) is 5.11 Å². The zero-order chi connectivity index (χ0) is 17.0. The standard InChI is InChI=1S/C16H15FN2O4/c1-10-2-4-13(19(22)23)7-14(10)16(21)18-8-11-3-5-15(17)12(6-11)9-20/h2-7,20H,8-9H2,1H3,(H,18,21). The Morgan fingerprint density at radius 3 is 2.70 bits per heavy atom. The number of nitro groups is 1. The van der Waals surface area contributed by atoms with E-state index in [-0.39, 0.29) is 23.4 Å². The second-order valence-electron chi connectivity index (χ2n) is 5.02. The first-order valence-corrected chi connectivity index (χ1v) is 6.83. The lowest BCUT2D eigenvalue weighted by molar-refractivity contribution is -0.384. The van der Waals surface area contributed by atoms with E-state index in [0.29, 0.717) is 11.1 Å². The Hall–Kier alpha value is -2.80. The highest BCUT2D eigenvalue weighted by Gasteiger charge is 2.14. The maximum Gasteiger partial charge on any atom is 0.270 e. The minimum Gasteiger partial charge on any atom is -0.392 e. The van der Waals surface area contributed by atoms with Crippen molar-refractivity contribution in [2.24, 2.45) is 0 Å². The molecule has 0 saturated heterocycles. The first kappa shape index (κ1) is 16.6. The van der Waals surface area contributed by atoms with E-state index in [9.17, 15) is 19.3 Å². The molecular weight excluding hydrogens is 303 g/mol. The van der Waals surface area contributed by atoms with Crippen molar-refractivity contribution in [3.8, 4) is 0 Å². The summed E-state index contributed by atoms with van der Waals surface area (Å²) in [6.45, 7) is 1.37. The second kappa shape index (κ2) is 6.97. The summed E-state index contributed by atoms with van der Waals surface area (Å²) in [5.74, 6) is -0.974. The minimum atomic E-state index is -0.566. The molecule has 2 N–H and O–H groups in total. The van der Waals surface area contributed by atoms with Crippen LogP contribution in [0.1, 0.15) is 27.0 Å². The molecular formula is C16H15FN2O4. The fraction of sp³-hybridized carbons (Fsp3) is 0.188. The van der Waals surface area contributed by atoms with Crippen molar-refractivity contribution >= 4 is 11.6 Å². The number of halogens is 1. The number of aryl methyl sites for hydroxylation is 1. The summed E-state index contributed by atoms with van der Waals surface area (Å²) in [6.07, 6.45) is 0. The Morgan fingerprint density at radius 2 is 2.04 bits per heavy atom. The Bertz CT molecular complexity index is 762. The summed E-state index contributed by atoms with van der Waals surface area (Å²) in [5.41, 5.74) is 1.42. The number of aliphatic hydroxyl groups excluding tert-OH is 1. The maximum atomic E-state index is 13.3. The molecule has 0 aliphatic carbocycles. The lowest BCUT2D eigenvalue weighted by Crippen LogP contribution is -2.23. The fourth-order valence-electron chi connectivity index (χ4n) is 2.10. The van der Waals surface area contributed by atoms with Crippen molar-refractivity contribution < 1.29 is 19.2 Å². The van der Waals surface area contributed by atoms with Crippen LogP contribution in [0.15, 0.2) is 36.4 Å². The van der Waals surface area contributed by atoms with Gasteiger partial charge in [-0.1, -0.05) is 12.1 Å². The summed E-state index contributed by atoms with van der Waals surface area (Å²) < 4.78 is 13.3. The molecule has 6 nitrogen and oxygen atoms in total. The van der Waals surface area contributed by atoms with E-state index in [1.807, 2.05) is 0 Å². The largest absolute Gasteiger partial charge is 0.392 e. The predicted octanol–water partition coefficient (Wildman–Crippen LogP) is 2.46. The average Bonchev–Trinajstić information content (AvgIpc) is 2.53. The van der Waals surface area contributed by atoms with Crippen LogP contribution in [0.5, 0.6) is 0 Å². The molecule has 0 aromatic heterocycles. The van der Waals surface area contributed by atoms with E-state index in [0.717, 1.165) is 0 Å². The van der Waals surface area contributed by atoms with Crippen LogP contribution < -0.4 is 5.32 Å². The highest BCUT2D eigenvalue weighted by molar-refractivity contribution is 5.96.